The number of nitriles is 3. The molecule has 1 N–H and O–H groups in total. The first-order valence-electron chi connectivity index (χ1n) is 8.47. The molecule has 7 nitrogen and oxygen atoms in total. The number of benzene rings is 2. The topological polar surface area (TPSA) is 121 Å². The number of amides is 2. The van der Waals surface area contributed by atoms with E-state index in [1.165, 1.54) is 24.3 Å². The maximum atomic E-state index is 12.9. The number of hydrogen-bond donors (Lipinski definition) is 1. The molecule has 0 saturated carbocycles. The van der Waals surface area contributed by atoms with Gasteiger partial charge < -0.3 is 5.32 Å². The van der Waals surface area contributed by atoms with Crippen LogP contribution in [0.25, 0.3) is 0 Å². The van der Waals surface area contributed by atoms with Gasteiger partial charge >= 0.3 is 0 Å². The van der Waals surface area contributed by atoms with E-state index in [1.807, 2.05) is 24.3 Å². The number of anilines is 2. The zero-order chi connectivity index (χ0) is 20.8. The molecular weight excluding hydrogens is 386 g/mol. The fraction of sp³-hybridized carbons (Fsp3) is 0.0952. The zero-order valence-electron chi connectivity index (χ0n) is 15.0. The Labute approximate surface area is 171 Å². The van der Waals surface area contributed by atoms with Crippen LogP contribution in [0, 0.1) is 34.0 Å². The zero-order valence-corrected chi connectivity index (χ0v) is 15.8. The van der Waals surface area contributed by atoms with Crippen LogP contribution < -0.4 is 10.2 Å². The molecule has 0 bridgehead atoms. The largest absolute Gasteiger partial charge is 0.349 e. The molecule has 1 aliphatic heterocycles. The van der Waals surface area contributed by atoms with Crippen molar-refractivity contribution < 1.29 is 9.59 Å². The number of allylic oxidation sites excluding steroid dienone is 1. The Morgan fingerprint density at radius 3 is 2.24 bits per heavy atom. The fourth-order valence-electron chi connectivity index (χ4n) is 2.72. The monoisotopic (exact) mass is 399 g/mol. The second-order valence-electron chi connectivity index (χ2n) is 5.96. The molecule has 1 saturated heterocycles. The van der Waals surface area contributed by atoms with Crippen molar-refractivity contribution in [3.05, 3.63) is 70.8 Å². The van der Waals surface area contributed by atoms with Crippen LogP contribution in [0.15, 0.2) is 65.2 Å². The molecule has 2 aromatic carbocycles. The highest BCUT2D eigenvalue weighted by atomic mass is 32.2. The summed E-state index contributed by atoms with van der Waals surface area (Å²) in [4.78, 5) is 26.4. The summed E-state index contributed by atoms with van der Waals surface area (Å²) in [5, 5.41) is 29.9. The highest BCUT2D eigenvalue weighted by molar-refractivity contribution is 8.04. The number of para-hydroxylation sites is 1. The molecule has 0 unspecified atom stereocenters. The van der Waals surface area contributed by atoms with E-state index in [2.05, 4.69) is 5.32 Å². The van der Waals surface area contributed by atoms with Gasteiger partial charge in [0.15, 0.2) is 5.57 Å². The fourth-order valence-corrected chi connectivity index (χ4v) is 3.83. The second kappa shape index (κ2) is 8.75. The Kier molecular flexibility index (Phi) is 5.94. The molecule has 1 fully saturated rings. The molecule has 1 aliphatic rings. The van der Waals surface area contributed by atoms with Crippen molar-refractivity contribution in [3.63, 3.8) is 0 Å². The van der Waals surface area contributed by atoms with E-state index in [4.69, 9.17) is 5.26 Å². The lowest BCUT2D eigenvalue weighted by atomic mass is 10.2. The molecule has 0 spiro atoms. The highest BCUT2D eigenvalue weighted by Crippen LogP contribution is 2.35. The number of rotatable bonds is 5. The third-order valence-electron chi connectivity index (χ3n) is 4.10. The maximum absolute atomic E-state index is 12.9. The Balaban J connectivity index is 1.85. The van der Waals surface area contributed by atoms with E-state index in [9.17, 15) is 20.1 Å². The minimum absolute atomic E-state index is 0.0619. The van der Waals surface area contributed by atoms with E-state index >= 15 is 0 Å². The lowest BCUT2D eigenvalue weighted by Crippen LogP contribution is -2.31. The summed E-state index contributed by atoms with van der Waals surface area (Å²) in [5.74, 6) is -0.820. The van der Waals surface area contributed by atoms with E-state index in [0.29, 0.717) is 16.9 Å². The molecule has 3 rings (SSSR count). The lowest BCUT2D eigenvalue weighted by molar-refractivity contribution is -0.121. The minimum atomic E-state index is -0.777. The molecule has 0 radical (unpaired) electrons. The molecule has 8 heteroatoms. The minimum Gasteiger partial charge on any atom is -0.349 e. The predicted octanol–water partition coefficient (Wildman–Crippen LogP) is 3.29. The number of imide groups is 1. The van der Waals surface area contributed by atoms with Gasteiger partial charge in [-0.2, -0.15) is 15.8 Å². The van der Waals surface area contributed by atoms with E-state index in [-0.39, 0.29) is 22.9 Å². The number of nitrogens with zero attached hydrogens (tertiary/aromatic N) is 4. The van der Waals surface area contributed by atoms with Crippen molar-refractivity contribution in [2.75, 3.05) is 10.2 Å². The number of thioether (sulfide) groups is 1. The maximum Gasteiger partial charge on any atom is 0.247 e. The van der Waals surface area contributed by atoms with Crippen LogP contribution in [0.2, 0.25) is 0 Å². The van der Waals surface area contributed by atoms with Gasteiger partial charge in [0.25, 0.3) is 0 Å². The quantitative estimate of drug-likeness (QED) is 0.605. The molecule has 2 aromatic rings. The van der Waals surface area contributed by atoms with E-state index < -0.39 is 11.2 Å². The Hall–Kier alpha value is -4.06. The summed E-state index contributed by atoms with van der Waals surface area (Å²) in [6, 6.07) is 20.7. The number of carbonyl (C=O) groups excluding carboxylic acids is 2. The Morgan fingerprint density at radius 2 is 1.66 bits per heavy atom. The van der Waals surface area contributed by atoms with Crippen molar-refractivity contribution in [1.82, 2.24) is 0 Å². The van der Waals surface area contributed by atoms with Crippen LogP contribution in [0.1, 0.15) is 12.0 Å². The van der Waals surface area contributed by atoms with Crippen molar-refractivity contribution in [1.29, 1.82) is 15.8 Å². The molecule has 1 atom stereocenters. The van der Waals surface area contributed by atoms with Crippen molar-refractivity contribution >= 4 is 35.0 Å². The average molecular weight is 399 g/mol. The third-order valence-corrected chi connectivity index (χ3v) is 5.30. The van der Waals surface area contributed by atoms with Gasteiger partial charge in [-0.25, -0.2) is 4.90 Å². The van der Waals surface area contributed by atoms with Crippen LogP contribution in [0.3, 0.4) is 0 Å². The second-order valence-corrected chi connectivity index (χ2v) is 7.17. The Morgan fingerprint density at radius 1 is 1.00 bits per heavy atom. The summed E-state index contributed by atoms with van der Waals surface area (Å²) < 4.78 is 0. The van der Waals surface area contributed by atoms with Gasteiger partial charge in [0.05, 0.1) is 22.6 Å². The van der Waals surface area contributed by atoms with Gasteiger partial charge in [-0.1, -0.05) is 30.0 Å². The van der Waals surface area contributed by atoms with Crippen LogP contribution in [-0.4, -0.2) is 17.1 Å². The van der Waals surface area contributed by atoms with E-state index in [1.54, 1.807) is 24.3 Å². The van der Waals surface area contributed by atoms with Crippen LogP contribution >= 0.6 is 11.8 Å². The number of nitrogens with one attached hydrogen (secondary N) is 1. The van der Waals surface area contributed by atoms with Crippen molar-refractivity contribution in [2.24, 2.45) is 0 Å². The van der Waals surface area contributed by atoms with Gasteiger partial charge in [0.1, 0.15) is 17.2 Å². The standard InChI is InChI=1S/C21H13N5O2S/c22-11-14-6-8-17(9-7-14)26-19(27)10-18(21(26)28)29-20(15(12-23)13-24)25-16-4-2-1-3-5-16/h1-9,18,25H,10H2/t18-/m1/s1. The average Bonchev–Trinajstić information content (AvgIpc) is 3.02. The molecule has 0 aliphatic carbocycles. The van der Waals surface area contributed by atoms with Gasteiger partial charge in [-0.3, -0.25) is 9.59 Å². The molecule has 1 heterocycles. The van der Waals surface area contributed by atoms with Gasteiger partial charge in [-0.15, -0.1) is 0 Å². The van der Waals surface area contributed by atoms with Crippen molar-refractivity contribution in [2.45, 2.75) is 11.7 Å². The summed E-state index contributed by atoms with van der Waals surface area (Å²) >= 11 is 0.981. The van der Waals surface area contributed by atoms with Crippen LogP contribution in [-0.2, 0) is 9.59 Å². The van der Waals surface area contributed by atoms with E-state index in [0.717, 1.165) is 16.7 Å². The van der Waals surface area contributed by atoms with Gasteiger partial charge in [0, 0.05) is 12.1 Å². The first-order valence-corrected chi connectivity index (χ1v) is 9.35. The smallest absolute Gasteiger partial charge is 0.247 e. The molecule has 29 heavy (non-hydrogen) atoms. The molecular formula is C21H13N5O2S. The first-order chi connectivity index (χ1) is 14.1. The predicted molar refractivity (Wildman–Crippen MR) is 108 cm³/mol. The number of carbonyl (C=O) groups is 2. The summed E-state index contributed by atoms with van der Waals surface area (Å²) in [7, 11) is 0. The molecule has 140 valence electrons. The SMILES string of the molecule is N#CC(C#N)=C(Nc1ccccc1)S[C@@H]1CC(=O)N(c2ccc(C#N)cc2)C1=O. The lowest BCUT2D eigenvalue weighted by Gasteiger charge is -2.16. The first kappa shape index (κ1) is 19.7. The van der Waals surface area contributed by atoms with Crippen LogP contribution in [0.5, 0.6) is 0 Å². The number of hydrogen-bond acceptors (Lipinski definition) is 7. The van der Waals surface area contributed by atoms with Gasteiger partial charge in [-0.05, 0) is 36.4 Å². The molecule has 2 amide bonds. The highest BCUT2D eigenvalue weighted by Gasteiger charge is 2.41. The van der Waals surface area contributed by atoms with Gasteiger partial charge in [0.2, 0.25) is 11.8 Å². The summed E-state index contributed by atoms with van der Waals surface area (Å²) in [6.45, 7) is 0. The normalized spacial score (nSPS) is 15.2. The third kappa shape index (κ3) is 4.27. The van der Waals surface area contributed by atoms with Crippen LogP contribution in [0.4, 0.5) is 11.4 Å². The summed E-state index contributed by atoms with van der Waals surface area (Å²) in [6.07, 6.45) is -0.0619. The molecule has 0 aromatic heterocycles. The summed E-state index contributed by atoms with van der Waals surface area (Å²) in [5.41, 5.74) is 1.28. The Bertz CT molecular complexity index is 1090. The van der Waals surface area contributed by atoms with Crippen molar-refractivity contribution in [3.8, 4) is 18.2 Å².